The molecule has 0 aliphatic heterocycles. The summed E-state index contributed by atoms with van der Waals surface area (Å²) in [6, 6.07) is -0.386. The second-order valence-corrected chi connectivity index (χ2v) is 5.63. The van der Waals surface area contributed by atoms with Crippen LogP contribution in [0.1, 0.15) is 25.7 Å². The van der Waals surface area contributed by atoms with Gasteiger partial charge in [-0.2, -0.15) is 8.78 Å². The maximum atomic E-state index is 12.7. The number of ketones is 1. The Labute approximate surface area is 108 Å². The molecule has 7 nitrogen and oxygen atoms in total. The summed E-state index contributed by atoms with van der Waals surface area (Å²) in [5.74, 6) is 0.0513. The van der Waals surface area contributed by atoms with Crippen molar-refractivity contribution in [3.63, 3.8) is 0 Å². The number of amides is 1. The van der Waals surface area contributed by atoms with Crippen molar-refractivity contribution in [1.29, 1.82) is 0 Å². The van der Waals surface area contributed by atoms with Crippen molar-refractivity contribution >= 4 is 22.0 Å². The minimum atomic E-state index is -5.87. The first-order chi connectivity index (χ1) is 8.62. The first-order valence-electron chi connectivity index (χ1n) is 5.40. The van der Waals surface area contributed by atoms with Gasteiger partial charge in [0.25, 0.3) is 0 Å². The molecule has 0 heterocycles. The highest BCUT2D eigenvalue weighted by atomic mass is 32.2. The molecule has 1 N–H and O–H groups in total. The lowest BCUT2D eigenvalue weighted by molar-refractivity contribution is -0.120. The summed E-state index contributed by atoms with van der Waals surface area (Å²) in [5.41, 5.74) is 0. The van der Waals surface area contributed by atoms with Crippen molar-refractivity contribution in [2.45, 2.75) is 37.0 Å². The lowest BCUT2D eigenvalue weighted by Gasteiger charge is -2.23. The smallest absolute Gasteiger partial charge is 0.407 e. The number of ether oxygens (including phenoxy) is 1. The average molecular weight is 300 g/mol. The Morgan fingerprint density at radius 3 is 2.42 bits per heavy atom. The minimum Gasteiger partial charge on any atom is -0.743 e. The molecule has 1 fully saturated rings. The van der Waals surface area contributed by atoms with Gasteiger partial charge in [-0.3, -0.25) is 4.79 Å². The number of rotatable bonds is 4. The number of alkyl halides is 2. The quantitative estimate of drug-likeness (QED) is 0.750. The SMILES string of the molecule is O=C1CCC(NC(=O)OCC(F)(F)S(=O)(=O)[O-])CC1. The Bertz CT molecular complexity index is 453. The molecule has 1 aliphatic rings. The van der Waals surface area contributed by atoms with E-state index >= 15 is 0 Å². The molecule has 1 rings (SSSR count). The van der Waals surface area contributed by atoms with Crippen molar-refractivity contribution in [1.82, 2.24) is 5.32 Å². The van der Waals surface area contributed by atoms with E-state index in [0.717, 1.165) is 0 Å². The molecule has 1 aliphatic carbocycles. The lowest BCUT2D eigenvalue weighted by Crippen LogP contribution is -2.41. The molecule has 0 radical (unpaired) electrons. The minimum absolute atomic E-state index is 0.0513. The van der Waals surface area contributed by atoms with Crippen LogP contribution in [-0.2, 0) is 19.6 Å². The summed E-state index contributed by atoms with van der Waals surface area (Å²) in [7, 11) is -5.87. The zero-order chi connectivity index (χ0) is 14.7. The first kappa shape index (κ1) is 15.8. The van der Waals surface area contributed by atoms with Crippen LogP contribution in [0.5, 0.6) is 0 Å². The number of carbonyl (C=O) groups excluding carboxylic acids is 2. The third-order valence-corrected chi connectivity index (χ3v) is 3.45. The summed E-state index contributed by atoms with van der Waals surface area (Å²) >= 11 is 0. The van der Waals surface area contributed by atoms with E-state index in [4.69, 9.17) is 0 Å². The molecule has 1 saturated carbocycles. The predicted molar refractivity (Wildman–Crippen MR) is 56.4 cm³/mol. The molecule has 0 aromatic rings. The van der Waals surface area contributed by atoms with E-state index in [1.54, 1.807) is 0 Å². The molecule has 0 aromatic heterocycles. The second kappa shape index (κ2) is 5.78. The van der Waals surface area contributed by atoms with Gasteiger partial charge in [-0.1, -0.05) is 0 Å². The van der Waals surface area contributed by atoms with Crippen LogP contribution < -0.4 is 5.32 Å². The van der Waals surface area contributed by atoms with E-state index in [9.17, 15) is 31.3 Å². The molecule has 19 heavy (non-hydrogen) atoms. The molecule has 0 spiro atoms. The van der Waals surface area contributed by atoms with Crippen molar-refractivity contribution in [2.75, 3.05) is 6.61 Å². The van der Waals surface area contributed by atoms with E-state index in [1.165, 1.54) is 0 Å². The third-order valence-electron chi connectivity index (χ3n) is 2.60. The summed E-state index contributed by atoms with van der Waals surface area (Å²) in [6.07, 6.45) is 0.0307. The predicted octanol–water partition coefficient (Wildman–Crippen LogP) is 0.362. The molecule has 0 aromatic carbocycles. The van der Waals surface area contributed by atoms with Crippen LogP contribution in [0.25, 0.3) is 0 Å². The fourth-order valence-electron chi connectivity index (χ4n) is 1.51. The van der Waals surface area contributed by atoms with Gasteiger partial charge in [0, 0.05) is 18.9 Å². The number of halogens is 2. The third kappa shape index (κ3) is 4.71. The number of alkyl carbamates (subject to hydrolysis) is 1. The monoisotopic (exact) mass is 300 g/mol. The molecule has 110 valence electrons. The van der Waals surface area contributed by atoms with Gasteiger partial charge in [0.05, 0.1) is 0 Å². The van der Waals surface area contributed by atoms with Gasteiger partial charge in [0.2, 0.25) is 0 Å². The largest absolute Gasteiger partial charge is 0.743 e. The lowest BCUT2D eigenvalue weighted by atomic mass is 9.95. The van der Waals surface area contributed by atoms with Gasteiger partial charge in [0.1, 0.15) is 5.78 Å². The zero-order valence-corrected chi connectivity index (χ0v) is 10.5. The first-order valence-corrected chi connectivity index (χ1v) is 6.81. The summed E-state index contributed by atoms with van der Waals surface area (Å²) < 4.78 is 59.8. The maximum absolute atomic E-state index is 12.7. The van der Waals surface area contributed by atoms with E-state index in [2.05, 4.69) is 10.1 Å². The Kier molecular flexibility index (Phi) is 4.80. The molecule has 10 heteroatoms. The van der Waals surface area contributed by atoms with Crippen molar-refractivity contribution in [3.8, 4) is 0 Å². The van der Waals surface area contributed by atoms with Gasteiger partial charge in [-0.15, -0.1) is 0 Å². The second-order valence-electron chi connectivity index (χ2n) is 4.12. The molecule has 0 atom stereocenters. The van der Waals surface area contributed by atoms with Crippen molar-refractivity contribution in [2.24, 2.45) is 0 Å². The topological polar surface area (TPSA) is 113 Å². The van der Waals surface area contributed by atoms with Crippen LogP contribution in [0, 0.1) is 0 Å². The number of hydrogen-bond acceptors (Lipinski definition) is 6. The van der Waals surface area contributed by atoms with Crippen LogP contribution >= 0.6 is 0 Å². The van der Waals surface area contributed by atoms with Crippen molar-refractivity contribution < 1.29 is 36.1 Å². The Hall–Kier alpha value is -1.29. The van der Waals surface area contributed by atoms with Gasteiger partial charge < -0.3 is 14.6 Å². The standard InChI is InChI=1S/C9H13F2NO6S/c10-9(11,19(15,16)17)5-18-8(14)12-6-1-3-7(13)4-2-6/h6H,1-5H2,(H,12,14)(H,15,16,17)/p-1. The van der Waals surface area contributed by atoms with Crippen LogP contribution in [0.3, 0.4) is 0 Å². The Morgan fingerprint density at radius 2 is 1.95 bits per heavy atom. The highest BCUT2D eigenvalue weighted by Gasteiger charge is 2.39. The maximum Gasteiger partial charge on any atom is 0.407 e. The zero-order valence-electron chi connectivity index (χ0n) is 9.73. The van der Waals surface area contributed by atoms with Gasteiger partial charge in [-0.05, 0) is 12.8 Å². The van der Waals surface area contributed by atoms with E-state index < -0.39 is 28.1 Å². The fraction of sp³-hybridized carbons (Fsp3) is 0.778. The van der Waals surface area contributed by atoms with Crippen LogP contribution in [0.4, 0.5) is 13.6 Å². The Morgan fingerprint density at radius 1 is 1.42 bits per heavy atom. The molecule has 0 saturated heterocycles. The molecule has 1 amide bonds. The van der Waals surface area contributed by atoms with Gasteiger partial charge >= 0.3 is 11.3 Å². The van der Waals surface area contributed by atoms with Crippen LogP contribution in [0.15, 0.2) is 0 Å². The van der Waals surface area contributed by atoms with Crippen molar-refractivity contribution in [3.05, 3.63) is 0 Å². The number of Topliss-reactive ketones (excluding diaryl/α,β-unsaturated/α-hetero) is 1. The summed E-state index contributed by atoms with van der Waals surface area (Å²) in [4.78, 5) is 22.0. The summed E-state index contributed by atoms with van der Waals surface area (Å²) in [6.45, 7) is -1.84. The fourth-order valence-corrected chi connectivity index (χ4v) is 1.72. The normalized spacial score (nSPS) is 18.2. The molecular weight excluding hydrogens is 288 g/mol. The van der Waals surface area contributed by atoms with E-state index in [-0.39, 0.29) is 24.7 Å². The summed E-state index contributed by atoms with van der Waals surface area (Å²) in [5, 5.41) is -2.44. The number of nitrogens with one attached hydrogen (secondary N) is 1. The molecule has 0 unspecified atom stereocenters. The number of carbonyl (C=O) groups is 2. The van der Waals surface area contributed by atoms with E-state index in [0.29, 0.717) is 12.8 Å². The van der Waals surface area contributed by atoms with E-state index in [1.807, 2.05) is 0 Å². The highest BCUT2D eigenvalue weighted by Crippen LogP contribution is 2.20. The molecular formula is C9H12F2NO6S-. The molecule has 0 bridgehead atoms. The van der Waals surface area contributed by atoms with Gasteiger partial charge in [-0.25, -0.2) is 13.2 Å². The Balaban J connectivity index is 2.38. The van der Waals surface area contributed by atoms with Crippen LogP contribution in [0.2, 0.25) is 0 Å². The highest BCUT2D eigenvalue weighted by molar-refractivity contribution is 7.86. The number of hydrogen-bond donors (Lipinski definition) is 1. The van der Waals surface area contributed by atoms with Gasteiger partial charge in [0.15, 0.2) is 16.7 Å². The van der Waals surface area contributed by atoms with Crippen LogP contribution in [-0.4, -0.2) is 42.8 Å². The average Bonchev–Trinajstić information content (AvgIpc) is 2.28.